The lowest BCUT2D eigenvalue weighted by atomic mass is 10.1. The Labute approximate surface area is 124 Å². The van der Waals surface area contributed by atoms with Crippen LogP contribution in [0.15, 0.2) is 12.1 Å². The summed E-state index contributed by atoms with van der Waals surface area (Å²) < 4.78 is 0. The zero-order chi connectivity index (χ0) is 15.4. The van der Waals surface area contributed by atoms with E-state index in [-0.39, 0.29) is 18.1 Å². The first-order chi connectivity index (χ1) is 9.97. The van der Waals surface area contributed by atoms with E-state index in [1.807, 2.05) is 0 Å². The summed E-state index contributed by atoms with van der Waals surface area (Å²) in [7, 11) is 0. The first-order valence-corrected chi connectivity index (χ1v) is 7.26. The number of carbonyl (C=O) groups is 1. The zero-order valence-corrected chi connectivity index (χ0v) is 12.4. The second-order valence-electron chi connectivity index (χ2n) is 5.62. The molecule has 0 atom stereocenters. The average Bonchev–Trinajstić information content (AvgIpc) is 2.93. The second kappa shape index (κ2) is 6.67. The number of nitrogens with zero attached hydrogens (tertiary/aromatic N) is 1. The van der Waals surface area contributed by atoms with Crippen LogP contribution in [0.4, 0.5) is 11.4 Å². The van der Waals surface area contributed by atoms with E-state index >= 15 is 0 Å². The van der Waals surface area contributed by atoms with Crippen molar-refractivity contribution in [3.05, 3.63) is 33.4 Å². The molecule has 0 radical (unpaired) electrons. The van der Waals surface area contributed by atoms with Gasteiger partial charge in [0.25, 0.3) is 5.69 Å². The lowest BCUT2D eigenvalue weighted by molar-refractivity contribution is -0.385. The van der Waals surface area contributed by atoms with E-state index in [4.69, 9.17) is 0 Å². The van der Waals surface area contributed by atoms with E-state index < -0.39 is 4.92 Å². The molecule has 2 rings (SSSR count). The van der Waals surface area contributed by atoms with E-state index in [2.05, 4.69) is 10.6 Å². The molecule has 6 nitrogen and oxygen atoms in total. The van der Waals surface area contributed by atoms with Gasteiger partial charge in [0.05, 0.1) is 11.5 Å². The fraction of sp³-hybridized carbons (Fsp3) is 0.533. The molecule has 0 unspecified atom stereocenters. The summed E-state index contributed by atoms with van der Waals surface area (Å²) in [5, 5.41) is 16.9. The van der Waals surface area contributed by atoms with Crippen molar-refractivity contribution >= 4 is 17.3 Å². The van der Waals surface area contributed by atoms with Crippen LogP contribution >= 0.6 is 0 Å². The Bertz CT molecular complexity index is 551. The number of aryl methyl sites for hydroxylation is 2. The molecule has 114 valence electrons. The quantitative estimate of drug-likeness (QED) is 0.645. The zero-order valence-electron chi connectivity index (χ0n) is 12.4. The molecule has 0 spiro atoms. The van der Waals surface area contributed by atoms with Gasteiger partial charge in [-0.3, -0.25) is 14.9 Å². The summed E-state index contributed by atoms with van der Waals surface area (Å²) in [5.74, 6) is -0.113. The van der Waals surface area contributed by atoms with Gasteiger partial charge in [-0.05, 0) is 38.3 Å². The molecule has 0 bridgehead atoms. The Balaban J connectivity index is 1.96. The van der Waals surface area contributed by atoms with Crippen LogP contribution in [-0.4, -0.2) is 23.4 Å². The third kappa shape index (κ3) is 4.01. The molecule has 1 aromatic rings. The Morgan fingerprint density at radius 3 is 2.57 bits per heavy atom. The summed E-state index contributed by atoms with van der Waals surface area (Å²) in [6.07, 6.45) is 4.70. The summed E-state index contributed by atoms with van der Waals surface area (Å²) >= 11 is 0. The average molecular weight is 291 g/mol. The molecule has 1 saturated carbocycles. The van der Waals surface area contributed by atoms with Gasteiger partial charge < -0.3 is 10.6 Å². The summed E-state index contributed by atoms with van der Waals surface area (Å²) in [4.78, 5) is 22.4. The number of hydrogen-bond acceptors (Lipinski definition) is 4. The molecule has 21 heavy (non-hydrogen) atoms. The van der Waals surface area contributed by atoms with Crippen LogP contribution in [0.2, 0.25) is 0 Å². The molecule has 0 saturated heterocycles. The maximum atomic E-state index is 11.9. The van der Waals surface area contributed by atoms with Gasteiger partial charge in [0, 0.05) is 23.4 Å². The highest BCUT2D eigenvalue weighted by atomic mass is 16.6. The molecule has 1 aliphatic rings. The first kappa shape index (κ1) is 15.4. The molecule has 2 N–H and O–H groups in total. The summed E-state index contributed by atoms with van der Waals surface area (Å²) in [5.41, 5.74) is 1.96. The maximum absolute atomic E-state index is 11.9. The van der Waals surface area contributed by atoms with E-state index in [1.165, 1.54) is 18.9 Å². The van der Waals surface area contributed by atoms with Crippen molar-refractivity contribution in [1.29, 1.82) is 0 Å². The molecule has 1 aromatic carbocycles. The van der Waals surface area contributed by atoms with Crippen LogP contribution in [0, 0.1) is 24.0 Å². The topological polar surface area (TPSA) is 84.3 Å². The van der Waals surface area contributed by atoms with Crippen LogP contribution in [0.3, 0.4) is 0 Å². The number of amides is 1. The standard InChI is InChI=1S/C15H21N3O3/c1-10-8-14(18(20)21)11(2)7-13(10)17-15(19)9-16-12-5-3-4-6-12/h7-8,12,16H,3-6,9H2,1-2H3,(H,17,19). The van der Waals surface area contributed by atoms with Crippen molar-refractivity contribution in [2.75, 3.05) is 11.9 Å². The van der Waals surface area contributed by atoms with Crippen LogP contribution < -0.4 is 10.6 Å². The minimum absolute atomic E-state index is 0.0783. The lowest BCUT2D eigenvalue weighted by Crippen LogP contribution is -2.34. The van der Waals surface area contributed by atoms with Gasteiger partial charge in [-0.2, -0.15) is 0 Å². The van der Waals surface area contributed by atoms with Gasteiger partial charge >= 0.3 is 0 Å². The van der Waals surface area contributed by atoms with Crippen molar-refractivity contribution in [3.8, 4) is 0 Å². The number of benzene rings is 1. The van der Waals surface area contributed by atoms with Gasteiger partial charge in [-0.15, -0.1) is 0 Å². The predicted octanol–water partition coefficient (Wildman–Crippen LogP) is 2.68. The van der Waals surface area contributed by atoms with Gasteiger partial charge in [-0.25, -0.2) is 0 Å². The minimum Gasteiger partial charge on any atom is -0.325 e. The number of carbonyl (C=O) groups excluding carboxylic acids is 1. The minimum atomic E-state index is -0.407. The molecule has 6 heteroatoms. The fourth-order valence-electron chi connectivity index (χ4n) is 2.69. The van der Waals surface area contributed by atoms with Crippen LogP contribution in [-0.2, 0) is 4.79 Å². The van der Waals surface area contributed by atoms with E-state index in [9.17, 15) is 14.9 Å². The van der Waals surface area contributed by atoms with Crippen LogP contribution in [0.25, 0.3) is 0 Å². The number of nitro benzene ring substituents is 1. The first-order valence-electron chi connectivity index (χ1n) is 7.26. The highest BCUT2D eigenvalue weighted by molar-refractivity contribution is 5.93. The van der Waals surface area contributed by atoms with Crippen molar-refractivity contribution in [1.82, 2.24) is 5.32 Å². The van der Waals surface area contributed by atoms with Crippen molar-refractivity contribution in [2.24, 2.45) is 0 Å². The number of hydrogen-bond donors (Lipinski definition) is 2. The molecule has 0 heterocycles. The number of anilines is 1. The number of nitrogens with one attached hydrogen (secondary N) is 2. The fourth-order valence-corrected chi connectivity index (χ4v) is 2.69. The van der Waals surface area contributed by atoms with Crippen molar-refractivity contribution in [3.63, 3.8) is 0 Å². The third-order valence-electron chi connectivity index (χ3n) is 3.92. The molecule has 0 aromatic heterocycles. The Morgan fingerprint density at radius 2 is 1.95 bits per heavy atom. The van der Waals surface area contributed by atoms with Crippen molar-refractivity contribution in [2.45, 2.75) is 45.6 Å². The Hall–Kier alpha value is -1.95. The SMILES string of the molecule is Cc1cc([N+](=O)[O-])c(C)cc1NC(=O)CNC1CCCC1. The number of rotatable bonds is 5. The molecular formula is C15H21N3O3. The van der Waals surface area contributed by atoms with E-state index in [0.29, 0.717) is 22.9 Å². The highest BCUT2D eigenvalue weighted by Gasteiger charge is 2.17. The third-order valence-corrected chi connectivity index (χ3v) is 3.92. The van der Waals surface area contributed by atoms with Gasteiger partial charge in [0.1, 0.15) is 0 Å². The van der Waals surface area contributed by atoms with Crippen LogP contribution in [0.1, 0.15) is 36.8 Å². The Kier molecular flexibility index (Phi) is 4.90. The molecule has 1 fully saturated rings. The van der Waals surface area contributed by atoms with Crippen molar-refractivity contribution < 1.29 is 9.72 Å². The monoisotopic (exact) mass is 291 g/mol. The summed E-state index contributed by atoms with van der Waals surface area (Å²) in [6, 6.07) is 3.59. The second-order valence-corrected chi connectivity index (χ2v) is 5.62. The predicted molar refractivity (Wildman–Crippen MR) is 81.5 cm³/mol. The normalized spacial score (nSPS) is 15.1. The molecule has 1 amide bonds. The van der Waals surface area contributed by atoms with Gasteiger partial charge in [-0.1, -0.05) is 12.8 Å². The number of nitro groups is 1. The van der Waals surface area contributed by atoms with Gasteiger partial charge in [0.2, 0.25) is 5.91 Å². The molecule has 1 aliphatic carbocycles. The maximum Gasteiger partial charge on any atom is 0.272 e. The lowest BCUT2D eigenvalue weighted by Gasteiger charge is -2.13. The highest BCUT2D eigenvalue weighted by Crippen LogP contribution is 2.25. The molecule has 0 aliphatic heterocycles. The van der Waals surface area contributed by atoms with E-state index in [1.54, 1.807) is 19.9 Å². The van der Waals surface area contributed by atoms with E-state index in [0.717, 1.165) is 12.8 Å². The summed E-state index contributed by atoms with van der Waals surface area (Å²) in [6.45, 7) is 3.70. The Morgan fingerprint density at radius 1 is 1.29 bits per heavy atom. The smallest absolute Gasteiger partial charge is 0.272 e. The van der Waals surface area contributed by atoms with Crippen LogP contribution in [0.5, 0.6) is 0 Å². The largest absolute Gasteiger partial charge is 0.325 e. The molecular weight excluding hydrogens is 270 g/mol. The van der Waals surface area contributed by atoms with Gasteiger partial charge in [0.15, 0.2) is 0 Å².